The van der Waals surface area contributed by atoms with Gasteiger partial charge in [-0.1, -0.05) is 48.2 Å². The summed E-state index contributed by atoms with van der Waals surface area (Å²) in [6, 6.07) is 24.4. The Bertz CT molecular complexity index is 1610. The molecule has 0 atom stereocenters. The van der Waals surface area contributed by atoms with Crippen molar-refractivity contribution < 1.29 is 19.1 Å². The number of nitrogens with one attached hydrogen (secondary N) is 2. The second-order valence-electron chi connectivity index (χ2n) is 8.05. The summed E-state index contributed by atoms with van der Waals surface area (Å²) in [7, 11) is 3.08. The van der Waals surface area contributed by atoms with Crippen LogP contribution in [0.4, 0.5) is 11.4 Å². The number of amides is 2. The van der Waals surface area contributed by atoms with Crippen LogP contribution >= 0.6 is 23.1 Å². The molecule has 0 aliphatic heterocycles. The fraction of sp³-hybridized carbons (Fsp3) is 0.107. The van der Waals surface area contributed by atoms with Crippen molar-refractivity contribution in [3.8, 4) is 11.5 Å². The van der Waals surface area contributed by atoms with Crippen LogP contribution < -0.4 is 20.1 Å². The van der Waals surface area contributed by atoms with Gasteiger partial charge in [-0.25, -0.2) is 4.98 Å². The number of thiazole rings is 1. The molecule has 0 fully saturated rings. The Morgan fingerprint density at radius 3 is 2.54 bits per heavy atom. The van der Waals surface area contributed by atoms with E-state index in [0.717, 1.165) is 31.0 Å². The predicted octanol–water partition coefficient (Wildman–Crippen LogP) is 6.45. The Hall–Kier alpha value is -4.08. The third-order valence-electron chi connectivity index (χ3n) is 5.66. The summed E-state index contributed by atoms with van der Waals surface area (Å²) in [6.07, 6.45) is 0. The zero-order chi connectivity index (χ0) is 25.8. The minimum absolute atomic E-state index is 0.0940. The Morgan fingerprint density at radius 1 is 0.892 bits per heavy atom. The lowest BCUT2D eigenvalue weighted by Gasteiger charge is -2.10. The van der Waals surface area contributed by atoms with Gasteiger partial charge >= 0.3 is 0 Å². The summed E-state index contributed by atoms with van der Waals surface area (Å²) in [5, 5.41) is 8.00. The molecule has 2 N–H and O–H groups in total. The van der Waals surface area contributed by atoms with E-state index < -0.39 is 0 Å². The van der Waals surface area contributed by atoms with Crippen molar-refractivity contribution in [3.05, 3.63) is 84.4 Å². The molecule has 0 radical (unpaired) electrons. The zero-order valence-corrected chi connectivity index (χ0v) is 21.7. The highest BCUT2D eigenvalue weighted by atomic mass is 32.2. The Morgan fingerprint density at radius 2 is 1.70 bits per heavy atom. The first-order valence-electron chi connectivity index (χ1n) is 11.4. The Balaban J connectivity index is 1.23. The zero-order valence-electron chi connectivity index (χ0n) is 20.1. The first-order valence-corrected chi connectivity index (χ1v) is 13.2. The first-order chi connectivity index (χ1) is 18.0. The Kier molecular flexibility index (Phi) is 7.25. The number of hydrogen-bond acceptors (Lipinski definition) is 7. The van der Waals surface area contributed by atoms with E-state index in [0.29, 0.717) is 22.7 Å². The summed E-state index contributed by atoms with van der Waals surface area (Å²) in [6.45, 7) is 0. The van der Waals surface area contributed by atoms with E-state index in [9.17, 15) is 9.59 Å². The van der Waals surface area contributed by atoms with Gasteiger partial charge < -0.3 is 20.1 Å². The van der Waals surface area contributed by atoms with Crippen molar-refractivity contribution in [3.63, 3.8) is 0 Å². The minimum Gasteiger partial charge on any atom is -0.493 e. The predicted molar refractivity (Wildman–Crippen MR) is 150 cm³/mol. The maximum Gasteiger partial charge on any atom is 0.255 e. The average molecular weight is 530 g/mol. The van der Waals surface area contributed by atoms with Crippen LogP contribution in [0.15, 0.2) is 83.2 Å². The molecule has 7 nitrogen and oxygen atoms in total. The highest BCUT2D eigenvalue weighted by Crippen LogP contribution is 2.32. The molecule has 1 aromatic heterocycles. The number of rotatable bonds is 8. The van der Waals surface area contributed by atoms with Crippen molar-refractivity contribution in [1.29, 1.82) is 0 Å². The molecule has 186 valence electrons. The van der Waals surface area contributed by atoms with Crippen LogP contribution in [0.2, 0.25) is 0 Å². The summed E-state index contributed by atoms with van der Waals surface area (Å²) in [5.41, 5.74) is 2.71. The third kappa shape index (κ3) is 5.52. The number of aromatic nitrogens is 1. The van der Waals surface area contributed by atoms with Crippen molar-refractivity contribution in [1.82, 2.24) is 4.98 Å². The SMILES string of the molecule is COc1ccc(C(=O)Nc2ccc3nc(SCC(=O)Nc4cccc5ccccc45)sc3c2)cc1OC. The maximum absolute atomic E-state index is 12.8. The minimum atomic E-state index is -0.260. The standard InChI is InChI=1S/C28H23N3O4S2/c1-34-23-13-10-18(14-24(23)35-2)27(33)29-19-11-12-22-25(15-19)37-28(31-22)36-16-26(32)30-21-9-5-7-17-6-3-4-8-20(17)21/h3-15H,16H2,1-2H3,(H,29,33)(H,30,32). The summed E-state index contributed by atoms with van der Waals surface area (Å²) in [5.74, 6) is 0.930. The van der Waals surface area contributed by atoms with Crippen LogP contribution in [0.25, 0.3) is 21.0 Å². The normalized spacial score (nSPS) is 10.9. The summed E-state index contributed by atoms with van der Waals surface area (Å²) >= 11 is 2.87. The van der Waals surface area contributed by atoms with Crippen LogP contribution in [0, 0.1) is 0 Å². The molecular formula is C28H23N3O4S2. The van der Waals surface area contributed by atoms with Crippen molar-refractivity contribution in [2.75, 3.05) is 30.6 Å². The topological polar surface area (TPSA) is 89.5 Å². The molecule has 0 saturated carbocycles. The molecule has 5 rings (SSSR count). The first kappa shape index (κ1) is 24.6. The van der Waals surface area contributed by atoms with E-state index in [2.05, 4.69) is 15.6 Å². The van der Waals surface area contributed by atoms with Crippen LogP contribution in [0.3, 0.4) is 0 Å². The van der Waals surface area contributed by atoms with E-state index in [4.69, 9.17) is 9.47 Å². The molecule has 2 amide bonds. The molecule has 0 unspecified atom stereocenters. The van der Waals surface area contributed by atoms with Gasteiger partial charge in [0.05, 0.1) is 30.2 Å². The lowest BCUT2D eigenvalue weighted by molar-refractivity contribution is -0.113. The molecule has 37 heavy (non-hydrogen) atoms. The van der Waals surface area contributed by atoms with Gasteiger partial charge in [0.25, 0.3) is 5.91 Å². The van der Waals surface area contributed by atoms with Gasteiger partial charge in [-0.05, 0) is 47.9 Å². The number of hydrogen-bond donors (Lipinski definition) is 2. The second-order valence-corrected chi connectivity index (χ2v) is 10.3. The molecule has 0 bridgehead atoms. The number of methoxy groups -OCH3 is 2. The van der Waals surface area contributed by atoms with E-state index >= 15 is 0 Å². The summed E-state index contributed by atoms with van der Waals surface area (Å²) in [4.78, 5) is 30.0. The molecule has 0 aliphatic carbocycles. The summed E-state index contributed by atoms with van der Waals surface area (Å²) < 4.78 is 12.2. The number of anilines is 2. The van der Waals surface area contributed by atoms with Gasteiger partial charge in [-0.3, -0.25) is 9.59 Å². The molecule has 0 saturated heterocycles. The van der Waals surface area contributed by atoms with Crippen LogP contribution in [-0.4, -0.2) is 36.8 Å². The van der Waals surface area contributed by atoms with Crippen LogP contribution in [-0.2, 0) is 4.79 Å². The van der Waals surface area contributed by atoms with Crippen LogP contribution in [0.5, 0.6) is 11.5 Å². The molecule has 0 spiro atoms. The maximum atomic E-state index is 12.8. The molecule has 9 heteroatoms. The average Bonchev–Trinajstić information content (AvgIpc) is 3.34. The highest BCUT2D eigenvalue weighted by molar-refractivity contribution is 8.01. The van der Waals surface area contributed by atoms with E-state index in [-0.39, 0.29) is 17.6 Å². The number of ether oxygens (including phenoxy) is 2. The van der Waals surface area contributed by atoms with E-state index in [1.807, 2.05) is 60.7 Å². The molecule has 5 aromatic rings. The molecule has 0 aliphatic rings. The second kappa shape index (κ2) is 10.9. The quantitative estimate of drug-likeness (QED) is 0.225. The van der Waals surface area contributed by atoms with Gasteiger partial charge in [0, 0.05) is 22.3 Å². The van der Waals surface area contributed by atoms with Gasteiger partial charge in [0.2, 0.25) is 5.91 Å². The highest BCUT2D eigenvalue weighted by Gasteiger charge is 2.13. The number of benzene rings is 4. The molecule has 1 heterocycles. The van der Waals surface area contributed by atoms with Crippen molar-refractivity contribution in [2.45, 2.75) is 4.34 Å². The number of carbonyl (C=O) groups excluding carboxylic acids is 2. The monoisotopic (exact) mass is 529 g/mol. The number of nitrogens with zero attached hydrogens (tertiary/aromatic N) is 1. The van der Waals surface area contributed by atoms with Gasteiger partial charge in [-0.15, -0.1) is 11.3 Å². The number of fused-ring (bicyclic) bond motifs is 2. The van der Waals surface area contributed by atoms with Gasteiger partial charge in [-0.2, -0.15) is 0 Å². The fourth-order valence-corrected chi connectivity index (χ4v) is 5.78. The Labute approximate surface area is 221 Å². The molecule has 4 aromatic carbocycles. The van der Waals surface area contributed by atoms with E-state index in [1.54, 1.807) is 25.3 Å². The largest absolute Gasteiger partial charge is 0.493 e. The van der Waals surface area contributed by atoms with Crippen LogP contribution in [0.1, 0.15) is 10.4 Å². The lowest BCUT2D eigenvalue weighted by Crippen LogP contribution is -2.14. The van der Waals surface area contributed by atoms with Gasteiger partial charge in [0.15, 0.2) is 15.8 Å². The smallest absolute Gasteiger partial charge is 0.255 e. The van der Waals surface area contributed by atoms with Crippen molar-refractivity contribution >= 4 is 67.3 Å². The lowest BCUT2D eigenvalue weighted by atomic mass is 10.1. The van der Waals surface area contributed by atoms with Gasteiger partial charge in [0.1, 0.15) is 0 Å². The van der Waals surface area contributed by atoms with E-state index in [1.165, 1.54) is 30.2 Å². The molecular weight excluding hydrogens is 506 g/mol. The third-order valence-corrected chi connectivity index (χ3v) is 7.82. The van der Waals surface area contributed by atoms with Crippen molar-refractivity contribution in [2.24, 2.45) is 0 Å². The fourth-order valence-electron chi connectivity index (χ4n) is 3.87. The number of thioether (sulfide) groups is 1. The number of carbonyl (C=O) groups is 2.